The van der Waals surface area contributed by atoms with E-state index >= 15 is 0 Å². The summed E-state index contributed by atoms with van der Waals surface area (Å²) in [7, 11) is 0. The summed E-state index contributed by atoms with van der Waals surface area (Å²) >= 11 is 0. The first-order chi connectivity index (χ1) is 13.7. The van der Waals surface area contributed by atoms with Gasteiger partial charge in [0.2, 0.25) is 0 Å². The fourth-order valence-corrected chi connectivity index (χ4v) is 4.02. The second kappa shape index (κ2) is 8.31. The number of aliphatic imine (C=N–C) groups is 1. The van der Waals surface area contributed by atoms with Gasteiger partial charge in [-0.3, -0.25) is 14.7 Å². The molecule has 2 aromatic rings. The molecule has 0 atom stereocenters. The van der Waals surface area contributed by atoms with E-state index in [1.807, 2.05) is 12.1 Å². The topological polar surface area (TPSA) is 77.7 Å². The molecule has 0 fully saturated rings. The van der Waals surface area contributed by atoms with E-state index in [-0.39, 0.29) is 5.56 Å². The Kier molecular flexibility index (Phi) is 5.62. The molecule has 0 aromatic carbocycles. The Morgan fingerprint density at radius 2 is 2.07 bits per heavy atom. The third-order valence-corrected chi connectivity index (χ3v) is 5.65. The molecule has 0 unspecified atom stereocenters. The molecule has 0 aliphatic carbocycles. The fraction of sp³-hybridized carbons (Fsp3) is 0.571. The van der Waals surface area contributed by atoms with Gasteiger partial charge in [0.05, 0.1) is 23.5 Å². The number of anilines is 1. The first-order valence-corrected chi connectivity index (χ1v) is 10.4. The predicted molar refractivity (Wildman–Crippen MR) is 110 cm³/mol. The van der Waals surface area contributed by atoms with Gasteiger partial charge in [-0.1, -0.05) is 0 Å². The van der Waals surface area contributed by atoms with Gasteiger partial charge >= 0.3 is 0 Å². The average Bonchev–Trinajstić information content (AvgIpc) is 3.18. The number of hydrogen-bond acceptors (Lipinski definition) is 6. The van der Waals surface area contributed by atoms with Gasteiger partial charge in [0.15, 0.2) is 11.7 Å². The molecule has 4 rings (SSSR count). The molecule has 0 saturated carbocycles. The lowest BCUT2D eigenvalue weighted by Crippen LogP contribution is -2.36. The van der Waals surface area contributed by atoms with Crippen molar-refractivity contribution in [3.63, 3.8) is 0 Å². The van der Waals surface area contributed by atoms with Crippen molar-refractivity contribution in [1.82, 2.24) is 14.9 Å². The molecule has 2 aliphatic rings. The quantitative estimate of drug-likeness (QED) is 0.830. The molecular formula is C21H29N5O2. The Hall–Kier alpha value is -2.41. The molecule has 2 aliphatic heterocycles. The van der Waals surface area contributed by atoms with Gasteiger partial charge in [0.1, 0.15) is 5.76 Å². The van der Waals surface area contributed by atoms with Crippen LogP contribution in [0, 0.1) is 0 Å². The summed E-state index contributed by atoms with van der Waals surface area (Å²) in [4.78, 5) is 29.4. The van der Waals surface area contributed by atoms with E-state index in [0.717, 1.165) is 80.5 Å². The number of aromatic amines is 1. The van der Waals surface area contributed by atoms with Crippen LogP contribution in [0.5, 0.6) is 0 Å². The highest BCUT2D eigenvalue weighted by atomic mass is 16.4. The molecule has 0 bridgehead atoms. The maximum Gasteiger partial charge on any atom is 0.255 e. The average molecular weight is 383 g/mol. The van der Waals surface area contributed by atoms with Gasteiger partial charge in [-0.15, -0.1) is 0 Å². The normalized spacial score (nSPS) is 17.3. The first-order valence-electron chi connectivity index (χ1n) is 10.4. The predicted octanol–water partition coefficient (Wildman–Crippen LogP) is 2.74. The Balaban J connectivity index is 1.48. The molecule has 2 aromatic heterocycles. The monoisotopic (exact) mass is 383 g/mol. The van der Waals surface area contributed by atoms with Crippen LogP contribution in [0.2, 0.25) is 0 Å². The van der Waals surface area contributed by atoms with Crippen molar-refractivity contribution in [1.29, 1.82) is 0 Å². The Bertz CT molecular complexity index is 910. The lowest BCUT2D eigenvalue weighted by Gasteiger charge is -2.27. The second-order valence-corrected chi connectivity index (χ2v) is 7.50. The third-order valence-electron chi connectivity index (χ3n) is 5.65. The Morgan fingerprint density at radius 3 is 2.82 bits per heavy atom. The number of aromatic nitrogens is 2. The van der Waals surface area contributed by atoms with Crippen molar-refractivity contribution in [3.8, 4) is 0 Å². The molecule has 4 heterocycles. The zero-order valence-electron chi connectivity index (χ0n) is 16.8. The Morgan fingerprint density at radius 1 is 1.21 bits per heavy atom. The summed E-state index contributed by atoms with van der Waals surface area (Å²) in [6.07, 6.45) is 3.92. The van der Waals surface area contributed by atoms with E-state index < -0.39 is 0 Å². The lowest BCUT2D eigenvalue weighted by atomic mass is 10.1. The smallest absolute Gasteiger partial charge is 0.255 e. The summed E-state index contributed by atoms with van der Waals surface area (Å²) in [6, 6.07) is 4.07. The molecule has 28 heavy (non-hydrogen) atoms. The number of furan rings is 1. The van der Waals surface area contributed by atoms with E-state index in [2.05, 4.69) is 33.6 Å². The number of H-pyrrole nitrogens is 1. The van der Waals surface area contributed by atoms with Gasteiger partial charge in [0.25, 0.3) is 5.56 Å². The molecular weight excluding hydrogens is 354 g/mol. The highest BCUT2D eigenvalue weighted by molar-refractivity contribution is 5.97. The summed E-state index contributed by atoms with van der Waals surface area (Å²) in [5, 5.41) is 0. The molecule has 7 nitrogen and oxygen atoms in total. The molecule has 0 amide bonds. The van der Waals surface area contributed by atoms with Crippen LogP contribution in [0.3, 0.4) is 0 Å². The van der Waals surface area contributed by atoms with Crippen LogP contribution in [0.15, 0.2) is 26.3 Å². The second-order valence-electron chi connectivity index (χ2n) is 7.50. The maximum absolute atomic E-state index is 12.7. The van der Waals surface area contributed by atoms with Crippen LogP contribution >= 0.6 is 0 Å². The lowest BCUT2D eigenvalue weighted by molar-refractivity contribution is 0.223. The van der Waals surface area contributed by atoms with Gasteiger partial charge in [-0.05, 0) is 39.2 Å². The number of hydrogen-bond donors (Lipinski definition) is 1. The van der Waals surface area contributed by atoms with Gasteiger partial charge in [0, 0.05) is 45.2 Å². The van der Waals surface area contributed by atoms with Gasteiger partial charge in [-0.2, -0.15) is 0 Å². The first kappa shape index (κ1) is 18.9. The highest BCUT2D eigenvalue weighted by Gasteiger charge is 2.23. The van der Waals surface area contributed by atoms with Crippen LogP contribution in [0.25, 0.3) is 0 Å². The van der Waals surface area contributed by atoms with Crippen molar-refractivity contribution in [2.75, 3.05) is 31.1 Å². The number of nitrogens with one attached hydrogen (secondary N) is 1. The van der Waals surface area contributed by atoms with Crippen molar-refractivity contribution in [2.45, 2.75) is 52.6 Å². The summed E-state index contributed by atoms with van der Waals surface area (Å²) in [5.74, 6) is 2.52. The van der Waals surface area contributed by atoms with Crippen LogP contribution in [0.1, 0.15) is 56.0 Å². The van der Waals surface area contributed by atoms with Crippen molar-refractivity contribution in [2.24, 2.45) is 4.99 Å². The maximum atomic E-state index is 12.7. The standard InChI is InChI=1S/C21H29N5O2/c1-3-26(4-2)19-9-8-15(28-19)13-25-12-10-17-16(14-25)21(27)24-20(23-17)18-7-5-6-11-22-18/h8-9H,3-7,10-14H2,1-2H3,(H,23,24,27). The van der Waals surface area contributed by atoms with E-state index in [9.17, 15) is 4.79 Å². The van der Waals surface area contributed by atoms with Gasteiger partial charge in [-0.25, -0.2) is 4.98 Å². The minimum Gasteiger partial charge on any atom is -0.444 e. The number of rotatable bonds is 6. The fourth-order valence-electron chi connectivity index (χ4n) is 4.02. The minimum atomic E-state index is -0.0266. The van der Waals surface area contributed by atoms with Crippen LogP contribution in [-0.4, -0.2) is 46.8 Å². The van der Waals surface area contributed by atoms with E-state index in [4.69, 9.17) is 9.40 Å². The van der Waals surface area contributed by atoms with Crippen LogP contribution < -0.4 is 10.5 Å². The van der Waals surface area contributed by atoms with E-state index in [1.54, 1.807) is 0 Å². The van der Waals surface area contributed by atoms with Crippen LogP contribution in [-0.2, 0) is 19.5 Å². The van der Waals surface area contributed by atoms with E-state index in [0.29, 0.717) is 18.9 Å². The summed E-state index contributed by atoms with van der Waals surface area (Å²) in [6.45, 7) is 9.11. The molecule has 1 N–H and O–H groups in total. The third kappa shape index (κ3) is 3.90. The van der Waals surface area contributed by atoms with Crippen LogP contribution in [0.4, 0.5) is 5.88 Å². The Labute approximate surface area is 165 Å². The molecule has 0 saturated heterocycles. The van der Waals surface area contributed by atoms with Crippen molar-refractivity contribution in [3.05, 3.63) is 45.3 Å². The minimum absolute atomic E-state index is 0.0266. The zero-order valence-corrected chi connectivity index (χ0v) is 16.8. The molecule has 0 radical (unpaired) electrons. The van der Waals surface area contributed by atoms with E-state index in [1.165, 1.54) is 0 Å². The zero-order chi connectivity index (χ0) is 19.5. The SMILES string of the molecule is CCN(CC)c1ccc(CN2CCc3nc(C4=NCCCC4)[nH]c(=O)c3C2)o1. The van der Waals surface area contributed by atoms with Crippen molar-refractivity contribution < 1.29 is 4.42 Å². The molecule has 0 spiro atoms. The summed E-state index contributed by atoms with van der Waals surface area (Å²) in [5.41, 5.74) is 2.63. The van der Waals surface area contributed by atoms with Gasteiger partial charge < -0.3 is 14.3 Å². The number of nitrogens with zero attached hydrogens (tertiary/aromatic N) is 4. The number of fused-ring (bicyclic) bond motifs is 1. The summed E-state index contributed by atoms with van der Waals surface area (Å²) < 4.78 is 6.01. The molecule has 150 valence electrons. The molecule has 7 heteroatoms. The largest absolute Gasteiger partial charge is 0.444 e. The van der Waals surface area contributed by atoms with Crippen molar-refractivity contribution >= 4 is 11.6 Å². The highest BCUT2D eigenvalue weighted by Crippen LogP contribution is 2.22.